The Morgan fingerprint density at radius 2 is 1.83 bits per heavy atom. The molecule has 0 aliphatic heterocycles. The van der Waals surface area contributed by atoms with Crippen LogP contribution in [0.15, 0.2) is 0 Å². The van der Waals surface area contributed by atoms with Crippen molar-refractivity contribution in [3.63, 3.8) is 0 Å². The lowest BCUT2D eigenvalue weighted by Crippen LogP contribution is -2.30. The van der Waals surface area contributed by atoms with Crippen molar-refractivity contribution >= 4 is 22.0 Å². The van der Waals surface area contributed by atoms with Gasteiger partial charge in [0.2, 0.25) is 16.0 Å². The lowest BCUT2D eigenvalue weighted by molar-refractivity contribution is 0.245. The summed E-state index contributed by atoms with van der Waals surface area (Å²) in [5.74, 6) is 0. The molecule has 0 saturated carbocycles. The van der Waals surface area contributed by atoms with E-state index in [0.29, 0.717) is 0 Å². The van der Waals surface area contributed by atoms with E-state index < -0.39 is 6.03 Å². The van der Waals surface area contributed by atoms with Gasteiger partial charge in [0.1, 0.15) is 0 Å². The van der Waals surface area contributed by atoms with E-state index in [4.69, 9.17) is 5.73 Å². The number of primary amides is 1. The van der Waals surface area contributed by atoms with Crippen molar-refractivity contribution in [3.05, 3.63) is 0 Å². The summed E-state index contributed by atoms with van der Waals surface area (Å²) in [5, 5.41) is 0. The summed E-state index contributed by atoms with van der Waals surface area (Å²) in [4.78, 5) is 9.85. The van der Waals surface area contributed by atoms with Gasteiger partial charge in [-0.3, -0.25) is 4.79 Å². The second-order valence-electron chi connectivity index (χ2n) is 1.23. The van der Waals surface area contributed by atoms with Crippen LogP contribution in [0.5, 0.6) is 0 Å². The largest absolute Gasteiger partial charge is 0.426 e. The van der Waals surface area contributed by atoms with Gasteiger partial charge in [-0.2, -0.15) is 0 Å². The maximum absolute atomic E-state index is 9.85. The van der Waals surface area contributed by atoms with Crippen molar-refractivity contribution in [1.29, 1.82) is 0 Å². The molecule has 0 radical (unpaired) electrons. The van der Waals surface area contributed by atoms with Crippen molar-refractivity contribution in [2.75, 3.05) is 0 Å². The number of hydrogen-bond acceptors (Lipinski definition) is 1. The first-order valence-electron chi connectivity index (χ1n) is 1.61. The van der Waals surface area contributed by atoms with Gasteiger partial charge in [-0.1, -0.05) is 0 Å². The van der Waals surface area contributed by atoms with Gasteiger partial charge in [0.05, 0.1) is 0 Å². The van der Waals surface area contributed by atoms with Crippen LogP contribution < -0.4 is 5.73 Å². The Hall–Kier alpha value is -0.600. The summed E-state index contributed by atoms with van der Waals surface area (Å²) in [7, 11) is 3.20. The first-order chi connectivity index (χ1) is 2.64. The van der Waals surface area contributed by atoms with E-state index in [2.05, 4.69) is 0 Å². The molecule has 0 atom stereocenters. The van der Waals surface area contributed by atoms with Crippen LogP contribution in [0, 0.1) is 0 Å². The number of hydrogen-bond donors (Lipinski definition) is 1. The Kier molecular flexibility index (Phi) is 1.57. The number of amides is 2. The predicted molar refractivity (Wildman–Crippen MR) is 28.5 cm³/mol. The molecule has 32 valence electrons. The zero-order chi connectivity index (χ0) is 5.15. The molecule has 0 spiro atoms. The first kappa shape index (κ1) is 5.40. The van der Waals surface area contributed by atoms with Crippen LogP contribution in [0.4, 0.5) is 4.79 Å². The number of rotatable bonds is 0. The topological polar surface area (TPSA) is 46.3 Å². The average Bonchev–Trinajstić information content (AvgIpc) is 1.36. The zero-order valence-electron chi connectivity index (χ0n) is 3.93. The number of nitrogens with zero attached hydrogens (tertiary/aromatic N) is 1. The van der Waals surface area contributed by atoms with Gasteiger partial charge in [0.15, 0.2) is 0 Å². The van der Waals surface area contributed by atoms with Crippen LogP contribution in [0.25, 0.3) is 0 Å². The first-order valence-corrected chi connectivity index (χ1v) is 1.61. The molecule has 2 N–H and O–H groups in total. The van der Waals surface area contributed by atoms with Crippen LogP contribution in [-0.4, -0.2) is 26.7 Å². The average molecular weight is 83.7 g/mol. The minimum absolute atomic E-state index is 0.407. The SMILES string of the molecule is BN(B)C(N)=O. The normalized spacial score (nSPS) is 7.33. The highest BCUT2D eigenvalue weighted by Crippen LogP contribution is 1.62. The number of carbonyl (C=O) groups excluding carboxylic acids is 1. The second-order valence-corrected chi connectivity index (χ2v) is 1.23. The molecule has 0 saturated heterocycles. The van der Waals surface area contributed by atoms with E-state index in [1.807, 2.05) is 0 Å². The third kappa shape index (κ3) is 1.69. The molecule has 0 bridgehead atoms. The van der Waals surface area contributed by atoms with E-state index >= 15 is 0 Å². The highest BCUT2D eigenvalue weighted by atomic mass is 16.2. The summed E-state index contributed by atoms with van der Waals surface area (Å²) in [6.07, 6.45) is 0. The van der Waals surface area contributed by atoms with Gasteiger partial charge in [-0.25, -0.2) is 0 Å². The molecule has 6 heavy (non-hydrogen) atoms. The molecular weight excluding hydrogens is 77.6 g/mol. The summed E-state index contributed by atoms with van der Waals surface area (Å²) >= 11 is 0. The van der Waals surface area contributed by atoms with Crippen LogP contribution in [0.3, 0.4) is 0 Å². The minimum atomic E-state index is -0.407. The third-order valence-electron chi connectivity index (χ3n) is 0.441. The van der Waals surface area contributed by atoms with Gasteiger partial charge >= 0.3 is 0 Å². The Labute approximate surface area is 38.3 Å². The lowest BCUT2D eigenvalue weighted by Gasteiger charge is -2.02. The molecule has 0 unspecified atom stereocenters. The van der Waals surface area contributed by atoms with Crippen LogP contribution in [-0.2, 0) is 0 Å². The van der Waals surface area contributed by atoms with Crippen molar-refractivity contribution in [3.8, 4) is 0 Å². The summed E-state index contributed by atoms with van der Waals surface area (Å²) in [6.45, 7) is 0. The van der Waals surface area contributed by atoms with Crippen LogP contribution in [0.1, 0.15) is 0 Å². The highest BCUT2D eigenvalue weighted by Gasteiger charge is 1.88. The van der Waals surface area contributed by atoms with Gasteiger partial charge in [-0.15, -0.1) is 0 Å². The lowest BCUT2D eigenvalue weighted by atomic mass is 10.2. The molecule has 0 rings (SSSR count). The van der Waals surface area contributed by atoms with E-state index in [0.717, 1.165) is 0 Å². The minimum Gasteiger partial charge on any atom is -0.426 e. The fraction of sp³-hybridized carbons (Fsp3) is 0. The zero-order valence-corrected chi connectivity index (χ0v) is 3.93. The van der Waals surface area contributed by atoms with E-state index in [1.165, 1.54) is 4.72 Å². The van der Waals surface area contributed by atoms with Crippen molar-refractivity contribution in [2.45, 2.75) is 0 Å². The molecule has 2 amide bonds. The molecule has 0 aliphatic carbocycles. The molecule has 0 aliphatic rings. The predicted octanol–water partition coefficient (Wildman–Crippen LogP) is -2.54. The highest BCUT2D eigenvalue weighted by molar-refractivity contribution is 6.33. The molecule has 0 aromatic rings. The second kappa shape index (κ2) is 1.74. The van der Waals surface area contributed by atoms with Gasteiger partial charge in [0, 0.05) is 0 Å². The van der Waals surface area contributed by atoms with Crippen LogP contribution >= 0.6 is 0 Å². The van der Waals surface area contributed by atoms with Gasteiger partial charge in [-0.05, 0) is 0 Å². The fourth-order valence-electron chi connectivity index (χ4n) is 0. The molecular formula is CH6B2N2O. The summed E-state index contributed by atoms with van der Waals surface area (Å²) in [6, 6.07) is -0.407. The molecule has 5 heteroatoms. The Balaban J connectivity index is 3.26. The Morgan fingerprint density at radius 1 is 1.67 bits per heavy atom. The van der Waals surface area contributed by atoms with Gasteiger partial charge in [0.25, 0.3) is 6.03 Å². The van der Waals surface area contributed by atoms with Crippen molar-refractivity contribution in [2.24, 2.45) is 5.73 Å². The van der Waals surface area contributed by atoms with Gasteiger partial charge < -0.3 is 10.5 Å². The number of nitrogens with two attached hydrogens (primary N) is 1. The van der Waals surface area contributed by atoms with E-state index in [-0.39, 0.29) is 0 Å². The summed E-state index contributed by atoms with van der Waals surface area (Å²) < 4.78 is 1.31. The summed E-state index contributed by atoms with van der Waals surface area (Å²) in [5.41, 5.74) is 4.72. The molecule has 0 aromatic carbocycles. The standard InChI is InChI=1S/CH6B2N2O/c2-5(3)1(4)6/h2-3H2,(H2,4,6). The molecule has 0 fully saturated rings. The Bertz CT molecular complexity index is 62.6. The Morgan fingerprint density at radius 3 is 1.83 bits per heavy atom. The van der Waals surface area contributed by atoms with Crippen LogP contribution in [0.2, 0.25) is 0 Å². The quantitative estimate of drug-likeness (QED) is 0.323. The third-order valence-corrected chi connectivity index (χ3v) is 0.441. The monoisotopic (exact) mass is 84.1 g/mol. The van der Waals surface area contributed by atoms with E-state index in [1.54, 1.807) is 16.0 Å². The number of carbonyl (C=O) groups is 1. The molecule has 0 aromatic heterocycles. The molecule has 3 nitrogen and oxygen atoms in total. The molecule has 0 heterocycles. The maximum Gasteiger partial charge on any atom is 0.289 e. The number of urea groups is 1. The maximum atomic E-state index is 9.85. The fourth-order valence-corrected chi connectivity index (χ4v) is 0. The van der Waals surface area contributed by atoms with Crippen molar-refractivity contribution in [1.82, 2.24) is 4.72 Å². The smallest absolute Gasteiger partial charge is 0.289 e. The van der Waals surface area contributed by atoms with E-state index in [9.17, 15) is 4.79 Å². The van der Waals surface area contributed by atoms with Crippen molar-refractivity contribution < 1.29 is 4.79 Å².